The van der Waals surface area contributed by atoms with Crippen molar-refractivity contribution in [2.24, 2.45) is 4.99 Å². The highest BCUT2D eigenvalue weighted by Gasteiger charge is 2.22. The van der Waals surface area contributed by atoms with Crippen LogP contribution in [0.2, 0.25) is 0 Å². The van der Waals surface area contributed by atoms with E-state index >= 15 is 0 Å². The predicted molar refractivity (Wildman–Crippen MR) is 238 cm³/mol. The minimum atomic E-state index is -0.264. The van der Waals surface area contributed by atoms with Crippen molar-refractivity contribution in [1.82, 2.24) is 9.88 Å². The number of hydrogen-bond donors (Lipinski definition) is 1. The third kappa shape index (κ3) is 5.62. The van der Waals surface area contributed by atoms with Gasteiger partial charge in [-0.25, -0.2) is 0 Å². The number of hydrogen-bond acceptors (Lipinski definition) is 3. The maximum Gasteiger partial charge on any atom is 0.145 e. The number of aromatic nitrogens is 1. The summed E-state index contributed by atoms with van der Waals surface area (Å²) in [5.74, 6) is 0. The molecular formula is C52H35N3S. The van der Waals surface area contributed by atoms with Crippen LogP contribution in [0.15, 0.2) is 205 Å². The summed E-state index contributed by atoms with van der Waals surface area (Å²) in [6.07, 6.45) is 1.95. The molecule has 4 heteroatoms. The Morgan fingerprint density at radius 2 is 1.00 bits per heavy atom. The second-order valence-corrected chi connectivity index (χ2v) is 15.5. The molecule has 10 aromatic rings. The van der Waals surface area contributed by atoms with Crippen molar-refractivity contribution < 1.29 is 0 Å². The van der Waals surface area contributed by atoms with Crippen molar-refractivity contribution in [2.45, 2.75) is 6.17 Å². The van der Waals surface area contributed by atoms with E-state index in [9.17, 15) is 0 Å². The molecule has 8 aromatic carbocycles. The summed E-state index contributed by atoms with van der Waals surface area (Å²) in [7, 11) is 0. The van der Waals surface area contributed by atoms with Gasteiger partial charge in [0.1, 0.15) is 6.17 Å². The van der Waals surface area contributed by atoms with Crippen molar-refractivity contribution >= 4 is 64.7 Å². The Hall–Kier alpha value is -7.01. The van der Waals surface area contributed by atoms with Crippen molar-refractivity contribution in [3.05, 3.63) is 217 Å². The number of benzene rings is 8. The second-order valence-electron chi connectivity index (χ2n) is 14.4. The van der Waals surface area contributed by atoms with Gasteiger partial charge in [0.25, 0.3) is 0 Å². The first-order valence-corrected chi connectivity index (χ1v) is 19.9. The van der Waals surface area contributed by atoms with E-state index in [1.165, 1.54) is 58.7 Å². The van der Waals surface area contributed by atoms with E-state index in [-0.39, 0.29) is 6.17 Å². The van der Waals surface area contributed by atoms with Gasteiger partial charge in [-0.1, -0.05) is 158 Å². The fourth-order valence-electron chi connectivity index (χ4n) is 8.24. The van der Waals surface area contributed by atoms with Gasteiger partial charge in [-0.3, -0.25) is 4.99 Å². The predicted octanol–water partition coefficient (Wildman–Crippen LogP) is 13.6. The molecule has 1 aliphatic heterocycles. The molecule has 3 nitrogen and oxygen atoms in total. The van der Waals surface area contributed by atoms with Crippen LogP contribution in [0, 0.1) is 0 Å². The lowest BCUT2D eigenvalue weighted by Gasteiger charge is -2.25. The third-order valence-corrected chi connectivity index (χ3v) is 12.2. The minimum Gasteiger partial charge on any atom is -0.360 e. The molecule has 0 saturated carbocycles. The summed E-state index contributed by atoms with van der Waals surface area (Å²) in [4.78, 5) is 5.42. The van der Waals surface area contributed by atoms with E-state index in [1.807, 2.05) is 11.3 Å². The molecule has 0 saturated heterocycles. The maximum absolute atomic E-state index is 5.42. The monoisotopic (exact) mass is 733 g/mol. The van der Waals surface area contributed by atoms with Gasteiger partial charge in [-0.2, -0.15) is 0 Å². The highest BCUT2D eigenvalue weighted by atomic mass is 32.1. The van der Waals surface area contributed by atoms with Gasteiger partial charge in [0, 0.05) is 47.9 Å². The standard InChI is InChI=1S/C52H35N3S/c1-3-11-34(12-4-1)36-19-23-38(24-20-36)46-33-47(54-52(53-46)39-25-21-37(22-26-39)35-13-5-2-6-14-35)40-27-29-43-42-15-7-9-17-48(42)55(49(43)31-40)41-28-30-51-45(32-41)44-16-8-10-18-50(44)56-51/h1-33,52-53H. The van der Waals surface area contributed by atoms with Crippen molar-refractivity contribution in [3.8, 4) is 27.9 Å². The van der Waals surface area contributed by atoms with Crippen LogP contribution in [0.25, 0.3) is 75.6 Å². The van der Waals surface area contributed by atoms with Crippen LogP contribution in [-0.2, 0) is 0 Å². The average molecular weight is 734 g/mol. The highest BCUT2D eigenvalue weighted by Crippen LogP contribution is 2.39. The average Bonchev–Trinajstić information content (AvgIpc) is 3.82. The van der Waals surface area contributed by atoms with Crippen LogP contribution in [-0.4, -0.2) is 10.3 Å². The largest absolute Gasteiger partial charge is 0.360 e. The van der Waals surface area contributed by atoms with E-state index in [0.29, 0.717) is 0 Å². The molecule has 0 fully saturated rings. The summed E-state index contributed by atoms with van der Waals surface area (Å²) in [6, 6.07) is 69.9. The third-order valence-electron chi connectivity index (χ3n) is 11.1. The SMILES string of the molecule is C1=C(c2ccc(-c3ccccc3)cc2)NC(c2ccc(-c3ccccc3)cc2)N=C1c1ccc2c3ccccc3n(-c3ccc4sc5ccccc5c4c3)c2c1. The molecule has 1 atom stereocenters. The number of nitrogens with zero attached hydrogens (tertiary/aromatic N) is 2. The lowest BCUT2D eigenvalue weighted by atomic mass is 9.98. The normalized spacial score (nSPS) is 14.2. The zero-order valence-electron chi connectivity index (χ0n) is 30.4. The van der Waals surface area contributed by atoms with E-state index in [0.717, 1.165) is 39.3 Å². The van der Waals surface area contributed by atoms with Crippen LogP contribution in [0.4, 0.5) is 0 Å². The van der Waals surface area contributed by atoms with Crippen LogP contribution >= 0.6 is 11.3 Å². The molecule has 1 aliphatic rings. The first-order valence-electron chi connectivity index (χ1n) is 19.1. The Morgan fingerprint density at radius 3 is 1.75 bits per heavy atom. The summed E-state index contributed by atoms with van der Waals surface area (Å²) < 4.78 is 5.04. The topological polar surface area (TPSA) is 29.3 Å². The van der Waals surface area contributed by atoms with Gasteiger partial charge in [-0.05, 0) is 75.9 Å². The lowest BCUT2D eigenvalue weighted by molar-refractivity contribution is 0.664. The molecule has 56 heavy (non-hydrogen) atoms. The summed E-state index contributed by atoms with van der Waals surface area (Å²) in [6.45, 7) is 0. The van der Waals surface area contributed by atoms with Gasteiger partial charge in [0.2, 0.25) is 0 Å². The molecule has 1 N–H and O–H groups in total. The highest BCUT2D eigenvalue weighted by molar-refractivity contribution is 7.25. The zero-order valence-corrected chi connectivity index (χ0v) is 31.2. The Bertz CT molecular complexity index is 3130. The molecule has 11 rings (SSSR count). The van der Waals surface area contributed by atoms with E-state index in [4.69, 9.17) is 4.99 Å². The molecule has 0 spiro atoms. The summed E-state index contributed by atoms with van der Waals surface area (Å²) in [5.41, 5.74) is 13.6. The van der Waals surface area contributed by atoms with Crippen molar-refractivity contribution in [1.29, 1.82) is 0 Å². The molecule has 0 bridgehead atoms. The van der Waals surface area contributed by atoms with Gasteiger partial charge in [0.05, 0.1) is 16.7 Å². The van der Waals surface area contributed by atoms with Crippen LogP contribution in [0.5, 0.6) is 0 Å². The van der Waals surface area contributed by atoms with Crippen LogP contribution in [0.1, 0.15) is 22.9 Å². The summed E-state index contributed by atoms with van der Waals surface area (Å²) >= 11 is 1.85. The lowest BCUT2D eigenvalue weighted by Crippen LogP contribution is -2.24. The fourth-order valence-corrected chi connectivity index (χ4v) is 9.33. The second kappa shape index (κ2) is 13.4. The van der Waals surface area contributed by atoms with Crippen molar-refractivity contribution in [2.75, 3.05) is 0 Å². The Morgan fingerprint density at radius 1 is 0.429 bits per heavy atom. The number of nitrogens with one attached hydrogen (secondary N) is 1. The number of fused-ring (bicyclic) bond motifs is 6. The maximum atomic E-state index is 5.42. The summed E-state index contributed by atoms with van der Waals surface area (Å²) in [5, 5.41) is 8.86. The number of aliphatic imine (C=N–C) groups is 1. The van der Waals surface area contributed by atoms with Crippen LogP contribution < -0.4 is 5.32 Å². The fraction of sp³-hybridized carbons (Fsp3) is 0.0192. The number of para-hydroxylation sites is 1. The molecule has 1 unspecified atom stereocenters. The molecule has 0 amide bonds. The van der Waals surface area contributed by atoms with Gasteiger partial charge < -0.3 is 9.88 Å². The molecule has 0 aliphatic carbocycles. The minimum absolute atomic E-state index is 0.264. The van der Waals surface area contributed by atoms with Gasteiger partial charge in [0.15, 0.2) is 0 Å². The number of thiophene rings is 1. The molecule has 3 heterocycles. The number of rotatable bonds is 6. The first kappa shape index (κ1) is 32.4. The van der Waals surface area contributed by atoms with Gasteiger partial charge >= 0.3 is 0 Å². The van der Waals surface area contributed by atoms with E-state index in [1.54, 1.807) is 0 Å². The quantitative estimate of drug-likeness (QED) is 0.181. The molecule has 2 aromatic heterocycles. The smallest absolute Gasteiger partial charge is 0.145 e. The zero-order chi connectivity index (χ0) is 37.0. The van der Waals surface area contributed by atoms with Crippen LogP contribution in [0.3, 0.4) is 0 Å². The Kier molecular flexibility index (Phi) is 7.75. The first-order chi connectivity index (χ1) is 27.7. The molecule has 264 valence electrons. The Balaban J connectivity index is 1.05. The van der Waals surface area contributed by atoms with E-state index in [2.05, 4.69) is 210 Å². The molecular weight excluding hydrogens is 699 g/mol. The van der Waals surface area contributed by atoms with E-state index < -0.39 is 0 Å². The molecule has 0 radical (unpaired) electrons. The number of allylic oxidation sites excluding steroid dienone is 1. The Labute approximate surface area is 329 Å². The van der Waals surface area contributed by atoms with Crippen molar-refractivity contribution in [3.63, 3.8) is 0 Å². The van der Waals surface area contributed by atoms with Gasteiger partial charge in [-0.15, -0.1) is 11.3 Å².